The molecule has 1 heterocycles. The lowest BCUT2D eigenvalue weighted by atomic mass is 10.0. The molecule has 132 valence electrons. The van der Waals surface area contributed by atoms with Crippen LogP contribution in [0, 0.1) is 11.6 Å². The smallest absolute Gasteiger partial charge is 0.254 e. The second kappa shape index (κ2) is 8.18. The lowest BCUT2D eigenvalue weighted by Crippen LogP contribution is -2.43. The highest BCUT2D eigenvalue weighted by atomic mass is 19.2. The number of nitrogens with zero attached hydrogens (tertiary/aromatic N) is 1. The number of morpholine rings is 1. The van der Waals surface area contributed by atoms with Crippen LogP contribution in [0.15, 0.2) is 48.5 Å². The predicted molar refractivity (Wildman–Crippen MR) is 90.3 cm³/mol. The summed E-state index contributed by atoms with van der Waals surface area (Å²) in [4.78, 5) is 14.5. The summed E-state index contributed by atoms with van der Waals surface area (Å²) in [5.41, 5.74) is 0.776. The summed E-state index contributed by atoms with van der Waals surface area (Å²) in [7, 11) is 0. The molecule has 1 atom stereocenters. The van der Waals surface area contributed by atoms with Gasteiger partial charge in [-0.05, 0) is 17.7 Å². The summed E-state index contributed by atoms with van der Waals surface area (Å²) in [6, 6.07) is 13.3. The van der Waals surface area contributed by atoms with Crippen LogP contribution >= 0.6 is 0 Å². The first kappa shape index (κ1) is 17.5. The van der Waals surface area contributed by atoms with E-state index in [4.69, 9.17) is 4.74 Å². The zero-order valence-corrected chi connectivity index (χ0v) is 13.8. The molecule has 0 unspecified atom stereocenters. The highest BCUT2D eigenvalue weighted by Crippen LogP contribution is 2.21. The quantitative estimate of drug-likeness (QED) is 0.905. The van der Waals surface area contributed by atoms with Crippen molar-refractivity contribution in [2.45, 2.75) is 6.04 Å². The molecule has 1 N–H and O–H groups in total. The number of hydrogen-bond acceptors (Lipinski definition) is 3. The Morgan fingerprint density at radius 2 is 1.80 bits per heavy atom. The van der Waals surface area contributed by atoms with Gasteiger partial charge in [-0.1, -0.05) is 36.4 Å². The highest BCUT2D eigenvalue weighted by molar-refractivity contribution is 5.94. The van der Waals surface area contributed by atoms with E-state index in [1.54, 1.807) is 0 Å². The van der Waals surface area contributed by atoms with Crippen molar-refractivity contribution in [1.29, 1.82) is 0 Å². The molecule has 0 aromatic heterocycles. The Balaban J connectivity index is 1.74. The van der Waals surface area contributed by atoms with E-state index in [0.717, 1.165) is 24.7 Å². The molecule has 1 amide bonds. The summed E-state index contributed by atoms with van der Waals surface area (Å²) in [6.45, 7) is 3.08. The molecule has 0 aliphatic carbocycles. The van der Waals surface area contributed by atoms with E-state index in [2.05, 4.69) is 10.2 Å². The van der Waals surface area contributed by atoms with Crippen LogP contribution in [0.3, 0.4) is 0 Å². The number of nitrogens with one attached hydrogen (secondary N) is 1. The second-order valence-electron chi connectivity index (χ2n) is 5.89. The van der Waals surface area contributed by atoms with E-state index < -0.39 is 17.5 Å². The van der Waals surface area contributed by atoms with E-state index in [1.165, 1.54) is 12.1 Å². The predicted octanol–water partition coefficient (Wildman–Crippen LogP) is 2.77. The number of hydrogen-bond donors (Lipinski definition) is 1. The normalized spacial score (nSPS) is 16.4. The number of ether oxygens (including phenoxy) is 1. The van der Waals surface area contributed by atoms with Gasteiger partial charge in [0.15, 0.2) is 11.6 Å². The number of carbonyl (C=O) groups is 1. The van der Waals surface area contributed by atoms with Gasteiger partial charge in [0.05, 0.1) is 24.8 Å². The van der Waals surface area contributed by atoms with Crippen molar-refractivity contribution in [2.24, 2.45) is 0 Å². The van der Waals surface area contributed by atoms with Crippen LogP contribution < -0.4 is 5.32 Å². The molecule has 3 rings (SSSR count). The summed E-state index contributed by atoms with van der Waals surface area (Å²) < 4.78 is 32.5. The molecule has 2 aromatic rings. The van der Waals surface area contributed by atoms with Crippen molar-refractivity contribution in [3.8, 4) is 0 Å². The molecule has 1 aliphatic heterocycles. The van der Waals surface area contributed by atoms with Gasteiger partial charge >= 0.3 is 0 Å². The monoisotopic (exact) mass is 346 g/mol. The van der Waals surface area contributed by atoms with Crippen molar-refractivity contribution in [3.05, 3.63) is 71.3 Å². The van der Waals surface area contributed by atoms with E-state index in [9.17, 15) is 13.6 Å². The third-order valence-electron chi connectivity index (χ3n) is 4.32. The SMILES string of the molecule is O=C(NC[C@@H](c1ccccc1)N1CCOCC1)c1cccc(F)c1F. The van der Waals surface area contributed by atoms with Gasteiger partial charge < -0.3 is 10.1 Å². The van der Waals surface area contributed by atoms with Crippen LogP contribution in [0.5, 0.6) is 0 Å². The number of amides is 1. The van der Waals surface area contributed by atoms with Gasteiger partial charge in [0.25, 0.3) is 5.91 Å². The molecule has 6 heteroatoms. The summed E-state index contributed by atoms with van der Waals surface area (Å²) in [5.74, 6) is -2.77. The molecule has 1 fully saturated rings. The van der Waals surface area contributed by atoms with E-state index in [1.807, 2.05) is 30.3 Å². The Hall–Kier alpha value is -2.31. The molecule has 1 saturated heterocycles. The van der Waals surface area contributed by atoms with Crippen molar-refractivity contribution in [1.82, 2.24) is 10.2 Å². The zero-order chi connectivity index (χ0) is 17.6. The van der Waals surface area contributed by atoms with Crippen LogP contribution in [-0.2, 0) is 4.74 Å². The molecule has 0 spiro atoms. The summed E-state index contributed by atoms with van der Waals surface area (Å²) in [5, 5.41) is 2.73. The molecular weight excluding hydrogens is 326 g/mol. The third-order valence-corrected chi connectivity index (χ3v) is 4.32. The van der Waals surface area contributed by atoms with Gasteiger partial charge in [-0.3, -0.25) is 9.69 Å². The topological polar surface area (TPSA) is 41.6 Å². The highest BCUT2D eigenvalue weighted by Gasteiger charge is 2.24. The Kier molecular flexibility index (Phi) is 5.73. The molecule has 25 heavy (non-hydrogen) atoms. The number of benzene rings is 2. The average Bonchev–Trinajstić information content (AvgIpc) is 2.66. The van der Waals surface area contributed by atoms with Crippen LogP contribution in [0.4, 0.5) is 8.78 Å². The fourth-order valence-electron chi connectivity index (χ4n) is 2.99. The second-order valence-corrected chi connectivity index (χ2v) is 5.89. The van der Waals surface area contributed by atoms with Crippen LogP contribution in [-0.4, -0.2) is 43.7 Å². The van der Waals surface area contributed by atoms with Crippen LogP contribution in [0.2, 0.25) is 0 Å². The third kappa shape index (κ3) is 4.21. The minimum Gasteiger partial charge on any atom is -0.379 e. The van der Waals surface area contributed by atoms with Crippen LogP contribution in [0.1, 0.15) is 22.0 Å². The van der Waals surface area contributed by atoms with Gasteiger partial charge in [-0.15, -0.1) is 0 Å². The molecule has 4 nitrogen and oxygen atoms in total. The molecular formula is C19H20F2N2O2. The molecule has 0 radical (unpaired) electrons. The fraction of sp³-hybridized carbons (Fsp3) is 0.316. The van der Waals surface area contributed by atoms with Crippen molar-refractivity contribution >= 4 is 5.91 Å². The summed E-state index contributed by atoms with van der Waals surface area (Å²) in [6.07, 6.45) is 0. The van der Waals surface area contributed by atoms with Crippen molar-refractivity contribution < 1.29 is 18.3 Å². The molecule has 0 bridgehead atoms. The average molecular weight is 346 g/mol. The van der Waals surface area contributed by atoms with Crippen LogP contribution in [0.25, 0.3) is 0 Å². The van der Waals surface area contributed by atoms with Gasteiger partial charge in [-0.25, -0.2) is 8.78 Å². The lowest BCUT2D eigenvalue weighted by molar-refractivity contribution is 0.0162. The maximum atomic E-state index is 13.8. The van der Waals surface area contributed by atoms with E-state index in [0.29, 0.717) is 19.8 Å². The largest absolute Gasteiger partial charge is 0.379 e. The molecule has 2 aromatic carbocycles. The first-order chi connectivity index (χ1) is 12.2. The first-order valence-corrected chi connectivity index (χ1v) is 8.26. The first-order valence-electron chi connectivity index (χ1n) is 8.26. The van der Waals surface area contributed by atoms with E-state index >= 15 is 0 Å². The van der Waals surface area contributed by atoms with Gasteiger partial charge in [0.1, 0.15) is 0 Å². The molecule has 0 saturated carbocycles. The molecule has 1 aliphatic rings. The Labute approximate surface area is 145 Å². The summed E-state index contributed by atoms with van der Waals surface area (Å²) >= 11 is 0. The maximum absolute atomic E-state index is 13.8. The standard InChI is InChI=1S/C19H20F2N2O2/c20-16-8-4-7-15(18(16)21)19(24)22-13-17(14-5-2-1-3-6-14)23-9-11-25-12-10-23/h1-8,17H,9-13H2,(H,22,24)/t17-/m0/s1. The minimum absolute atomic E-state index is 0.0503. The van der Waals surface area contributed by atoms with E-state index in [-0.39, 0.29) is 11.6 Å². The Morgan fingerprint density at radius 1 is 1.08 bits per heavy atom. The Bertz CT molecular complexity index is 719. The van der Waals surface area contributed by atoms with Crippen molar-refractivity contribution in [2.75, 3.05) is 32.8 Å². The lowest BCUT2D eigenvalue weighted by Gasteiger charge is -2.35. The number of halogens is 2. The maximum Gasteiger partial charge on any atom is 0.254 e. The number of carbonyl (C=O) groups excluding carboxylic acids is 1. The minimum atomic E-state index is -1.12. The number of rotatable bonds is 5. The van der Waals surface area contributed by atoms with Gasteiger partial charge in [0, 0.05) is 19.6 Å². The van der Waals surface area contributed by atoms with Crippen molar-refractivity contribution in [3.63, 3.8) is 0 Å². The fourth-order valence-corrected chi connectivity index (χ4v) is 2.99. The van der Waals surface area contributed by atoms with Gasteiger partial charge in [-0.2, -0.15) is 0 Å². The zero-order valence-electron chi connectivity index (χ0n) is 13.8. The van der Waals surface area contributed by atoms with Gasteiger partial charge in [0.2, 0.25) is 0 Å². The Morgan fingerprint density at radius 3 is 2.52 bits per heavy atom.